The summed E-state index contributed by atoms with van der Waals surface area (Å²) in [5.74, 6) is 0. The van der Waals surface area contributed by atoms with E-state index in [1.165, 1.54) is 12.8 Å². The maximum absolute atomic E-state index is 5.65. The van der Waals surface area contributed by atoms with Gasteiger partial charge in [0.2, 0.25) is 0 Å². The molecule has 98 valence electrons. The number of anilines is 1. The number of fused-ring (bicyclic) bond motifs is 1. The highest BCUT2D eigenvalue weighted by atomic mass is 16.5. The Kier molecular flexibility index (Phi) is 4.59. The van der Waals surface area contributed by atoms with Crippen LogP contribution in [0.4, 0.5) is 6.01 Å². The third-order valence-electron chi connectivity index (χ3n) is 2.90. The predicted molar refractivity (Wildman–Crippen MR) is 72.8 cm³/mol. The lowest BCUT2D eigenvalue weighted by Gasteiger charge is -2.15. The zero-order chi connectivity index (χ0) is 12.8. The molecule has 0 radical (unpaired) electrons. The normalized spacial score (nSPS) is 12.8. The molecule has 1 aromatic heterocycles. The molecule has 2 rings (SSSR count). The maximum Gasteiger partial charge on any atom is 0.295 e. The lowest BCUT2D eigenvalue weighted by molar-refractivity contribution is 0.181. The molecule has 1 N–H and O–H groups in total. The Bertz CT molecular complexity index is 448. The summed E-state index contributed by atoms with van der Waals surface area (Å²) in [5.41, 5.74) is 1.69. The van der Waals surface area contributed by atoms with Crippen molar-refractivity contribution < 1.29 is 9.15 Å². The van der Waals surface area contributed by atoms with Gasteiger partial charge >= 0.3 is 0 Å². The van der Waals surface area contributed by atoms with E-state index in [4.69, 9.17) is 9.15 Å². The molecule has 0 aliphatic carbocycles. The van der Waals surface area contributed by atoms with Gasteiger partial charge < -0.3 is 14.5 Å². The molecular weight excluding hydrogens is 228 g/mol. The van der Waals surface area contributed by atoms with Crippen LogP contribution in [0, 0.1) is 0 Å². The quantitative estimate of drug-likeness (QED) is 0.815. The summed E-state index contributed by atoms with van der Waals surface area (Å²) in [6, 6.07) is 8.60. The van der Waals surface area contributed by atoms with Crippen molar-refractivity contribution in [2.75, 3.05) is 19.0 Å². The van der Waals surface area contributed by atoms with E-state index >= 15 is 0 Å². The molecular formula is C14H20N2O2. The van der Waals surface area contributed by atoms with Crippen LogP contribution in [0.15, 0.2) is 28.7 Å². The van der Waals surface area contributed by atoms with Crippen molar-refractivity contribution in [3.05, 3.63) is 24.3 Å². The third-order valence-corrected chi connectivity index (χ3v) is 2.90. The van der Waals surface area contributed by atoms with Gasteiger partial charge in [-0.2, -0.15) is 4.98 Å². The number of rotatable bonds is 7. The minimum absolute atomic E-state index is 0.253. The highest BCUT2D eigenvalue weighted by Gasteiger charge is 2.12. The number of ether oxygens (including phenoxy) is 1. The van der Waals surface area contributed by atoms with Gasteiger partial charge in [0.1, 0.15) is 5.52 Å². The van der Waals surface area contributed by atoms with Gasteiger partial charge in [-0.25, -0.2) is 0 Å². The summed E-state index contributed by atoms with van der Waals surface area (Å²) in [5, 5.41) is 3.30. The number of nitrogens with zero attached hydrogens (tertiary/aromatic N) is 1. The number of nitrogens with one attached hydrogen (secondary N) is 1. The maximum atomic E-state index is 5.65. The summed E-state index contributed by atoms with van der Waals surface area (Å²) in [6.07, 6.45) is 3.40. The van der Waals surface area contributed by atoms with Crippen molar-refractivity contribution in [1.29, 1.82) is 0 Å². The van der Waals surface area contributed by atoms with Gasteiger partial charge in [-0.3, -0.25) is 0 Å². The number of hydrogen-bond acceptors (Lipinski definition) is 4. The summed E-state index contributed by atoms with van der Waals surface area (Å²) >= 11 is 0. The summed E-state index contributed by atoms with van der Waals surface area (Å²) in [6.45, 7) is 2.85. The number of hydrogen-bond donors (Lipinski definition) is 1. The Morgan fingerprint density at radius 3 is 2.94 bits per heavy atom. The van der Waals surface area contributed by atoms with Crippen molar-refractivity contribution >= 4 is 17.1 Å². The largest absolute Gasteiger partial charge is 0.424 e. The smallest absolute Gasteiger partial charge is 0.295 e. The number of para-hydroxylation sites is 2. The van der Waals surface area contributed by atoms with Gasteiger partial charge in [-0.05, 0) is 18.6 Å². The van der Waals surface area contributed by atoms with Crippen LogP contribution in [0.3, 0.4) is 0 Å². The molecule has 0 bridgehead atoms. The van der Waals surface area contributed by atoms with E-state index in [0.29, 0.717) is 12.6 Å². The molecule has 0 amide bonds. The fraction of sp³-hybridized carbons (Fsp3) is 0.500. The van der Waals surface area contributed by atoms with E-state index in [1.54, 1.807) is 7.11 Å². The van der Waals surface area contributed by atoms with Crippen molar-refractivity contribution in [1.82, 2.24) is 4.98 Å². The van der Waals surface area contributed by atoms with Crippen molar-refractivity contribution in [2.24, 2.45) is 0 Å². The zero-order valence-corrected chi connectivity index (χ0v) is 11.0. The van der Waals surface area contributed by atoms with Crippen LogP contribution < -0.4 is 5.32 Å². The monoisotopic (exact) mass is 248 g/mol. The molecule has 4 heteroatoms. The van der Waals surface area contributed by atoms with Crippen molar-refractivity contribution in [2.45, 2.75) is 32.2 Å². The lowest BCUT2D eigenvalue weighted by Crippen LogP contribution is -2.24. The first-order valence-electron chi connectivity index (χ1n) is 6.44. The molecule has 0 saturated heterocycles. The van der Waals surface area contributed by atoms with E-state index in [1.807, 2.05) is 24.3 Å². The number of aromatic nitrogens is 1. The van der Waals surface area contributed by atoms with Crippen molar-refractivity contribution in [3.8, 4) is 0 Å². The molecule has 0 aliphatic rings. The van der Waals surface area contributed by atoms with E-state index in [9.17, 15) is 0 Å². The van der Waals surface area contributed by atoms with Crippen LogP contribution in [0.1, 0.15) is 26.2 Å². The molecule has 0 aliphatic heterocycles. The standard InChI is InChI=1S/C14H20N2O2/c1-3-4-7-11(10-17-2)15-14-16-12-8-5-6-9-13(12)18-14/h5-6,8-9,11H,3-4,7,10H2,1-2H3,(H,15,16). The third kappa shape index (κ3) is 3.23. The molecule has 18 heavy (non-hydrogen) atoms. The van der Waals surface area contributed by atoms with Crippen LogP contribution in [0.25, 0.3) is 11.1 Å². The Hall–Kier alpha value is -1.55. The fourth-order valence-corrected chi connectivity index (χ4v) is 1.96. The molecule has 0 spiro atoms. The molecule has 0 saturated carbocycles. The second kappa shape index (κ2) is 6.40. The van der Waals surface area contributed by atoms with Crippen LogP contribution in [-0.2, 0) is 4.74 Å². The Labute approximate surface area is 107 Å². The Balaban J connectivity index is 2.05. The number of benzene rings is 1. The van der Waals surface area contributed by atoms with Gasteiger partial charge in [0, 0.05) is 7.11 Å². The molecule has 1 unspecified atom stereocenters. The van der Waals surface area contributed by atoms with E-state index in [2.05, 4.69) is 17.2 Å². The second-order valence-electron chi connectivity index (χ2n) is 4.43. The average molecular weight is 248 g/mol. The molecule has 1 atom stereocenters. The van der Waals surface area contributed by atoms with Gasteiger partial charge in [0.05, 0.1) is 12.6 Å². The average Bonchev–Trinajstić information content (AvgIpc) is 2.78. The van der Waals surface area contributed by atoms with Crippen LogP contribution in [0.2, 0.25) is 0 Å². The minimum Gasteiger partial charge on any atom is -0.424 e. The number of unbranched alkanes of at least 4 members (excludes halogenated alkanes) is 1. The zero-order valence-electron chi connectivity index (χ0n) is 11.0. The predicted octanol–water partition coefficient (Wildman–Crippen LogP) is 3.44. The summed E-state index contributed by atoms with van der Waals surface area (Å²) in [7, 11) is 1.71. The fourth-order valence-electron chi connectivity index (χ4n) is 1.96. The van der Waals surface area contributed by atoms with E-state index in [0.717, 1.165) is 17.5 Å². The topological polar surface area (TPSA) is 47.3 Å². The van der Waals surface area contributed by atoms with Gasteiger partial charge in [0.15, 0.2) is 5.58 Å². The van der Waals surface area contributed by atoms with Gasteiger partial charge in [-0.1, -0.05) is 31.9 Å². The molecule has 1 aromatic carbocycles. The van der Waals surface area contributed by atoms with Crippen molar-refractivity contribution in [3.63, 3.8) is 0 Å². The second-order valence-corrected chi connectivity index (χ2v) is 4.43. The summed E-state index contributed by atoms with van der Waals surface area (Å²) in [4.78, 5) is 4.41. The van der Waals surface area contributed by atoms with Gasteiger partial charge in [-0.15, -0.1) is 0 Å². The first kappa shape index (κ1) is 12.9. The van der Waals surface area contributed by atoms with E-state index in [-0.39, 0.29) is 6.04 Å². The van der Waals surface area contributed by atoms with Crippen LogP contribution >= 0.6 is 0 Å². The molecule has 2 aromatic rings. The van der Waals surface area contributed by atoms with Gasteiger partial charge in [0.25, 0.3) is 6.01 Å². The van der Waals surface area contributed by atoms with Crippen LogP contribution in [0.5, 0.6) is 0 Å². The Morgan fingerprint density at radius 2 is 2.22 bits per heavy atom. The lowest BCUT2D eigenvalue weighted by atomic mass is 10.1. The SMILES string of the molecule is CCCCC(COC)Nc1nc2ccccc2o1. The van der Waals surface area contributed by atoms with E-state index < -0.39 is 0 Å². The summed E-state index contributed by atoms with van der Waals surface area (Å²) < 4.78 is 10.9. The molecule has 0 fully saturated rings. The first-order chi connectivity index (χ1) is 8.83. The highest BCUT2D eigenvalue weighted by molar-refractivity contribution is 5.74. The Morgan fingerprint density at radius 1 is 1.39 bits per heavy atom. The number of oxazole rings is 1. The minimum atomic E-state index is 0.253. The molecule has 1 heterocycles. The highest BCUT2D eigenvalue weighted by Crippen LogP contribution is 2.19. The first-order valence-corrected chi connectivity index (χ1v) is 6.44. The number of methoxy groups -OCH3 is 1. The van der Waals surface area contributed by atoms with Crippen LogP contribution in [-0.4, -0.2) is 24.7 Å². The molecule has 4 nitrogen and oxygen atoms in total.